The Balaban J connectivity index is 1.63. The van der Waals surface area contributed by atoms with Gasteiger partial charge in [-0.25, -0.2) is 0 Å². The number of nitrogens with one attached hydrogen (secondary N) is 3. The van der Waals surface area contributed by atoms with E-state index in [1.807, 2.05) is 6.07 Å². The molecule has 0 fully saturated rings. The van der Waals surface area contributed by atoms with Gasteiger partial charge in [0.2, 0.25) is 0 Å². The smallest absolute Gasteiger partial charge is 0.255 e. The van der Waals surface area contributed by atoms with E-state index < -0.39 is 0 Å². The largest absolute Gasteiger partial charge is 0.361 e. The fourth-order valence-corrected chi connectivity index (χ4v) is 3.39. The zero-order valence-corrected chi connectivity index (χ0v) is 12.8. The van der Waals surface area contributed by atoms with Crippen LogP contribution in [0.5, 0.6) is 0 Å². The lowest BCUT2D eigenvalue weighted by Crippen LogP contribution is -2.34. The molecule has 0 radical (unpaired) electrons. The second-order valence-electron chi connectivity index (χ2n) is 5.69. The van der Waals surface area contributed by atoms with Crippen LogP contribution in [0, 0.1) is 4.77 Å². The lowest BCUT2D eigenvalue weighted by atomic mass is 10.1. The van der Waals surface area contributed by atoms with Gasteiger partial charge in [-0.1, -0.05) is 18.2 Å². The van der Waals surface area contributed by atoms with Gasteiger partial charge >= 0.3 is 0 Å². The standard InChI is InChI=1S/C16H16N4OS/c21-15-12-5-6-20(9-14(12)18-16(22)19-15)8-10-7-17-13-4-2-1-3-11(10)13/h1-4,7,17H,5-6,8-9H2,(H2,18,19,21,22). The molecule has 0 unspecified atom stereocenters. The van der Waals surface area contributed by atoms with Crippen molar-refractivity contribution in [3.05, 3.63) is 62.4 Å². The molecule has 0 saturated carbocycles. The lowest BCUT2D eigenvalue weighted by Gasteiger charge is -2.27. The number of aromatic nitrogens is 3. The number of rotatable bonds is 2. The third kappa shape index (κ3) is 2.30. The van der Waals surface area contributed by atoms with E-state index in [-0.39, 0.29) is 5.56 Å². The fraction of sp³-hybridized carbons (Fsp3) is 0.250. The van der Waals surface area contributed by atoms with E-state index in [1.54, 1.807) is 0 Å². The molecule has 0 bridgehead atoms. The summed E-state index contributed by atoms with van der Waals surface area (Å²) in [7, 11) is 0. The SMILES string of the molecule is O=c1[nH]c(=S)[nH]c2c1CCN(Cc1c[nH]c3ccccc13)C2. The Hall–Kier alpha value is -2.18. The predicted molar refractivity (Wildman–Crippen MR) is 88.4 cm³/mol. The molecule has 4 rings (SSSR count). The molecular weight excluding hydrogens is 296 g/mol. The van der Waals surface area contributed by atoms with Crippen LogP contribution in [-0.2, 0) is 19.5 Å². The van der Waals surface area contributed by atoms with Gasteiger partial charge in [-0.2, -0.15) is 0 Å². The summed E-state index contributed by atoms with van der Waals surface area (Å²) in [5.74, 6) is 0. The minimum atomic E-state index is -0.0505. The molecule has 0 atom stereocenters. The Morgan fingerprint density at radius 1 is 1.23 bits per heavy atom. The molecule has 1 aliphatic heterocycles. The minimum Gasteiger partial charge on any atom is -0.361 e. The van der Waals surface area contributed by atoms with Gasteiger partial charge < -0.3 is 9.97 Å². The van der Waals surface area contributed by atoms with Crippen molar-refractivity contribution in [2.45, 2.75) is 19.5 Å². The van der Waals surface area contributed by atoms with Crippen LogP contribution in [0.3, 0.4) is 0 Å². The van der Waals surface area contributed by atoms with Gasteiger partial charge in [-0.15, -0.1) is 0 Å². The van der Waals surface area contributed by atoms with Crippen LogP contribution in [-0.4, -0.2) is 26.4 Å². The predicted octanol–water partition coefficient (Wildman–Crippen LogP) is 2.47. The van der Waals surface area contributed by atoms with E-state index in [1.165, 1.54) is 10.9 Å². The molecule has 1 aliphatic rings. The van der Waals surface area contributed by atoms with Gasteiger partial charge in [0.25, 0.3) is 5.56 Å². The van der Waals surface area contributed by atoms with Crippen LogP contribution in [0.25, 0.3) is 10.9 Å². The summed E-state index contributed by atoms with van der Waals surface area (Å²) in [6, 6.07) is 8.31. The average molecular weight is 312 g/mol. The number of fused-ring (bicyclic) bond motifs is 2. The Morgan fingerprint density at radius 3 is 3.00 bits per heavy atom. The van der Waals surface area contributed by atoms with Crippen LogP contribution in [0.15, 0.2) is 35.3 Å². The molecule has 0 spiro atoms. The van der Waals surface area contributed by atoms with Crippen LogP contribution in [0.2, 0.25) is 0 Å². The van der Waals surface area contributed by atoms with Crippen molar-refractivity contribution in [2.24, 2.45) is 0 Å². The van der Waals surface area contributed by atoms with Gasteiger partial charge in [-0.05, 0) is 30.3 Å². The summed E-state index contributed by atoms with van der Waals surface area (Å²) in [6.45, 7) is 2.46. The van der Waals surface area contributed by atoms with Gasteiger partial charge in [0.1, 0.15) is 0 Å². The zero-order valence-electron chi connectivity index (χ0n) is 12.0. The van der Waals surface area contributed by atoms with Gasteiger partial charge in [0.15, 0.2) is 4.77 Å². The Labute approximate surface area is 132 Å². The topological polar surface area (TPSA) is 67.7 Å². The average Bonchev–Trinajstić information content (AvgIpc) is 2.90. The van der Waals surface area contributed by atoms with E-state index in [0.29, 0.717) is 4.77 Å². The van der Waals surface area contributed by atoms with Crippen molar-refractivity contribution in [1.29, 1.82) is 0 Å². The number of para-hydroxylation sites is 1. The highest BCUT2D eigenvalue weighted by molar-refractivity contribution is 7.71. The first-order chi connectivity index (χ1) is 10.7. The van der Waals surface area contributed by atoms with Crippen molar-refractivity contribution < 1.29 is 0 Å². The van der Waals surface area contributed by atoms with Crippen molar-refractivity contribution >= 4 is 23.1 Å². The monoisotopic (exact) mass is 312 g/mol. The third-order valence-electron chi connectivity index (χ3n) is 4.26. The summed E-state index contributed by atoms with van der Waals surface area (Å²) in [5.41, 5.74) is 4.17. The summed E-state index contributed by atoms with van der Waals surface area (Å²) in [5, 5.41) is 1.26. The molecule has 2 aromatic heterocycles. The van der Waals surface area contributed by atoms with E-state index in [4.69, 9.17) is 12.2 Å². The zero-order chi connectivity index (χ0) is 15.1. The molecule has 6 heteroatoms. The molecular formula is C16H16N4OS. The normalized spacial score (nSPS) is 15.1. The molecule has 0 amide bonds. The number of hydrogen-bond acceptors (Lipinski definition) is 3. The molecule has 3 N–H and O–H groups in total. The molecule has 3 heterocycles. The Bertz CT molecular complexity index is 952. The summed E-state index contributed by atoms with van der Waals surface area (Å²) >= 11 is 5.07. The maximum atomic E-state index is 11.9. The minimum absolute atomic E-state index is 0.0505. The molecule has 3 aromatic rings. The quantitative estimate of drug-likeness (QED) is 0.637. The van der Waals surface area contributed by atoms with Crippen LogP contribution < -0.4 is 5.56 Å². The van der Waals surface area contributed by atoms with Gasteiger partial charge in [0.05, 0.1) is 0 Å². The van der Waals surface area contributed by atoms with Gasteiger partial charge in [-0.3, -0.25) is 14.7 Å². The first-order valence-electron chi connectivity index (χ1n) is 7.32. The summed E-state index contributed by atoms with van der Waals surface area (Å²) in [4.78, 5) is 23.4. The molecule has 0 aliphatic carbocycles. The second-order valence-corrected chi connectivity index (χ2v) is 6.09. The summed E-state index contributed by atoms with van der Waals surface area (Å²) < 4.78 is 0.401. The summed E-state index contributed by atoms with van der Waals surface area (Å²) in [6.07, 6.45) is 2.82. The second kappa shape index (κ2) is 5.23. The van der Waals surface area contributed by atoms with E-state index in [2.05, 4.69) is 44.2 Å². The van der Waals surface area contributed by atoms with Gasteiger partial charge in [0, 0.05) is 48.0 Å². The van der Waals surface area contributed by atoms with Crippen molar-refractivity contribution in [1.82, 2.24) is 19.9 Å². The first kappa shape index (κ1) is 13.5. The maximum absolute atomic E-state index is 11.9. The maximum Gasteiger partial charge on any atom is 0.255 e. The fourth-order valence-electron chi connectivity index (χ4n) is 3.17. The first-order valence-corrected chi connectivity index (χ1v) is 7.73. The third-order valence-corrected chi connectivity index (χ3v) is 4.46. The number of hydrogen-bond donors (Lipinski definition) is 3. The van der Waals surface area contributed by atoms with E-state index >= 15 is 0 Å². The van der Waals surface area contributed by atoms with Crippen molar-refractivity contribution in [3.8, 4) is 0 Å². The number of nitrogens with zero attached hydrogens (tertiary/aromatic N) is 1. The number of benzene rings is 1. The highest BCUT2D eigenvalue weighted by atomic mass is 32.1. The van der Waals surface area contributed by atoms with Crippen molar-refractivity contribution in [3.63, 3.8) is 0 Å². The van der Waals surface area contributed by atoms with E-state index in [0.717, 1.165) is 42.8 Å². The highest BCUT2D eigenvalue weighted by Gasteiger charge is 2.20. The van der Waals surface area contributed by atoms with Crippen LogP contribution in [0.1, 0.15) is 16.8 Å². The molecule has 1 aromatic carbocycles. The number of H-pyrrole nitrogens is 3. The molecule has 22 heavy (non-hydrogen) atoms. The number of aromatic amines is 3. The Morgan fingerprint density at radius 2 is 2.09 bits per heavy atom. The van der Waals surface area contributed by atoms with Crippen LogP contribution in [0.4, 0.5) is 0 Å². The Kier molecular flexibility index (Phi) is 3.20. The molecule has 112 valence electrons. The molecule has 0 saturated heterocycles. The van der Waals surface area contributed by atoms with Crippen LogP contribution >= 0.6 is 12.2 Å². The van der Waals surface area contributed by atoms with Crippen molar-refractivity contribution in [2.75, 3.05) is 6.54 Å². The van der Waals surface area contributed by atoms with E-state index in [9.17, 15) is 4.79 Å². The highest BCUT2D eigenvalue weighted by Crippen LogP contribution is 2.22. The lowest BCUT2D eigenvalue weighted by molar-refractivity contribution is 0.241. The molecule has 5 nitrogen and oxygen atoms in total.